The van der Waals surface area contributed by atoms with E-state index in [1.54, 1.807) is 36.4 Å². The van der Waals surface area contributed by atoms with Gasteiger partial charge < -0.3 is 10.1 Å². The fourth-order valence-electron chi connectivity index (χ4n) is 3.27. The van der Waals surface area contributed by atoms with Crippen LogP contribution in [-0.2, 0) is 10.2 Å². The van der Waals surface area contributed by atoms with Crippen LogP contribution in [0.2, 0.25) is 0 Å². The average molecular weight is 416 g/mol. The number of rotatable bonds is 7. The van der Waals surface area contributed by atoms with E-state index in [1.165, 1.54) is 5.56 Å². The van der Waals surface area contributed by atoms with E-state index < -0.39 is 6.10 Å². The summed E-state index contributed by atoms with van der Waals surface area (Å²) in [5.74, 6) is 0.225. The first-order chi connectivity index (χ1) is 14.8. The largest absolute Gasteiger partial charge is 0.481 e. The van der Waals surface area contributed by atoms with Crippen molar-refractivity contribution < 1.29 is 14.3 Å². The van der Waals surface area contributed by atoms with E-state index in [1.807, 2.05) is 49.4 Å². The third-order valence-electron chi connectivity index (χ3n) is 5.13. The number of hydrogen-bond acceptors (Lipinski definition) is 3. The third-order valence-corrected chi connectivity index (χ3v) is 5.13. The van der Waals surface area contributed by atoms with Gasteiger partial charge in [-0.1, -0.05) is 82.3 Å². The van der Waals surface area contributed by atoms with Gasteiger partial charge in [0.1, 0.15) is 5.75 Å². The monoisotopic (exact) mass is 415 g/mol. The lowest BCUT2D eigenvalue weighted by Gasteiger charge is -2.21. The van der Waals surface area contributed by atoms with E-state index in [0.29, 0.717) is 29.0 Å². The Labute approximate surface area is 184 Å². The number of nitrogens with one attached hydrogen (secondary N) is 1. The second kappa shape index (κ2) is 9.61. The van der Waals surface area contributed by atoms with Crippen LogP contribution in [0.1, 0.15) is 55.6 Å². The Morgan fingerprint density at radius 2 is 1.48 bits per heavy atom. The minimum atomic E-state index is -0.666. The smallest absolute Gasteiger partial charge is 0.265 e. The number of anilines is 1. The molecule has 1 N–H and O–H groups in total. The minimum Gasteiger partial charge on any atom is -0.481 e. The lowest BCUT2D eigenvalue weighted by Crippen LogP contribution is -2.33. The summed E-state index contributed by atoms with van der Waals surface area (Å²) < 4.78 is 5.95. The van der Waals surface area contributed by atoms with Crippen molar-refractivity contribution >= 4 is 17.4 Å². The molecule has 0 heterocycles. The summed E-state index contributed by atoms with van der Waals surface area (Å²) in [6, 6.07) is 23.9. The van der Waals surface area contributed by atoms with Gasteiger partial charge in [-0.25, -0.2) is 0 Å². The Morgan fingerprint density at radius 1 is 0.871 bits per heavy atom. The zero-order chi connectivity index (χ0) is 22.4. The number of carbonyl (C=O) groups is 2. The molecule has 3 aromatic rings. The van der Waals surface area contributed by atoms with Gasteiger partial charge in [-0.05, 0) is 41.7 Å². The predicted molar refractivity (Wildman–Crippen MR) is 125 cm³/mol. The van der Waals surface area contributed by atoms with E-state index >= 15 is 0 Å². The van der Waals surface area contributed by atoms with Crippen molar-refractivity contribution in [1.82, 2.24) is 0 Å². The van der Waals surface area contributed by atoms with Gasteiger partial charge in [0.05, 0.1) is 5.69 Å². The molecule has 3 rings (SSSR count). The highest BCUT2D eigenvalue weighted by atomic mass is 16.5. The quantitative estimate of drug-likeness (QED) is 0.481. The van der Waals surface area contributed by atoms with Crippen molar-refractivity contribution in [3.05, 3.63) is 95.6 Å². The summed E-state index contributed by atoms with van der Waals surface area (Å²) in [6.45, 7) is 8.35. The molecule has 0 aliphatic carbocycles. The summed E-state index contributed by atoms with van der Waals surface area (Å²) in [5, 5.41) is 2.88. The molecule has 0 spiro atoms. The Morgan fingerprint density at radius 3 is 2.10 bits per heavy atom. The Balaban J connectivity index is 1.75. The van der Waals surface area contributed by atoms with Crippen molar-refractivity contribution in [3.63, 3.8) is 0 Å². The summed E-state index contributed by atoms with van der Waals surface area (Å²) in [7, 11) is 0. The molecular weight excluding hydrogens is 386 g/mol. The van der Waals surface area contributed by atoms with Crippen molar-refractivity contribution in [2.75, 3.05) is 5.32 Å². The number of hydrogen-bond donors (Lipinski definition) is 1. The van der Waals surface area contributed by atoms with Crippen LogP contribution in [0.4, 0.5) is 5.69 Å². The van der Waals surface area contributed by atoms with Gasteiger partial charge in [0.25, 0.3) is 5.91 Å². The normalized spacial score (nSPS) is 12.1. The molecule has 1 atom stereocenters. The first-order valence-corrected chi connectivity index (χ1v) is 10.6. The molecule has 0 radical (unpaired) electrons. The zero-order valence-corrected chi connectivity index (χ0v) is 18.5. The maximum atomic E-state index is 12.9. The van der Waals surface area contributed by atoms with Gasteiger partial charge in [0.2, 0.25) is 0 Å². The highest BCUT2D eigenvalue weighted by Gasteiger charge is 2.22. The fraction of sp³-hybridized carbons (Fsp3) is 0.259. The van der Waals surface area contributed by atoms with E-state index in [0.717, 1.165) is 0 Å². The molecule has 0 saturated carbocycles. The van der Waals surface area contributed by atoms with Crippen LogP contribution in [-0.4, -0.2) is 17.8 Å². The van der Waals surface area contributed by atoms with Crippen LogP contribution in [0.15, 0.2) is 78.9 Å². The van der Waals surface area contributed by atoms with Gasteiger partial charge >= 0.3 is 0 Å². The van der Waals surface area contributed by atoms with E-state index in [2.05, 4.69) is 26.1 Å². The molecule has 1 amide bonds. The van der Waals surface area contributed by atoms with Gasteiger partial charge in [-0.15, -0.1) is 0 Å². The van der Waals surface area contributed by atoms with Crippen LogP contribution in [0, 0.1) is 0 Å². The van der Waals surface area contributed by atoms with Crippen LogP contribution < -0.4 is 10.1 Å². The molecule has 0 fully saturated rings. The van der Waals surface area contributed by atoms with Gasteiger partial charge in [-0.3, -0.25) is 9.59 Å². The van der Waals surface area contributed by atoms with Crippen molar-refractivity contribution in [2.45, 2.75) is 45.6 Å². The van der Waals surface area contributed by atoms with Crippen LogP contribution >= 0.6 is 0 Å². The lowest BCUT2D eigenvalue weighted by molar-refractivity contribution is -0.122. The van der Waals surface area contributed by atoms with Gasteiger partial charge in [0.15, 0.2) is 11.9 Å². The molecular formula is C27H29NO3. The summed E-state index contributed by atoms with van der Waals surface area (Å²) in [4.78, 5) is 25.8. The molecule has 0 unspecified atom stereocenters. The fourth-order valence-corrected chi connectivity index (χ4v) is 3.27. The number of benzene rings is 3. The average Bonchev–Trinajstić information content (AvgIpc) is 2.77. The maximum Gasteiger partial charge on any atom is 0.265 e. The summed E-state index contributed by atoms with van der Waals surface area (Å²) >= 11 is 0. The zero-order valence-electron chi connectivity index (χ0n) is 18.5. The molecule has 0 bridgehead atoms. The van der Waals surface area contributed by atoms with E-state index in [4.69, 9.17) is 4.74 Å². The Hall–Kier alpha value is -3.40. The second-order valence-electron chi connectivity index (χ2n) is 8.52. The maximum absolute atomic E-state index is 12.9. The predicted octanol–water partition coefficient (Wildman–Crippen LogP) is 6.01. The Bertz CT molecular complexity index is 1030. The molecule has 0 saturated heterocycles. The van der Waals surface area contributed by atoms with Crippen molar-refractivity contribution in [3.8, 4) is 5.75 Å². The molecule has 4 heteroatoms. The van der Waals surface area contributed by atoms with Crippen molar-refractivity contribution in [1.29, 1.82) is 0 Å². The molecule has 0 aromatic heterocycles. The van der Waals surface area contributed by atoms with Crippen LogP contribution in [0.5, 0.6) is 5.75 Å². The third kappa shape index (κ3) is 5.60. The SMILES string of the molecule is CC[C@H](Oc1ccc(C(C)(C)C)cc1)C(=O)Nc1ccccc1C(=O)c1ccccc1. The molecule has 3 aromatic carbocycles. The second-order valence-corrected chi connectivity index (χ2v) is 8.52. The van der Waals surface area contributed by atoms with E-state index in [9.17, 15) is 9.59 Å². The molecule has 0 aliphatic rings. The summed E-state index contributed by atoms with van der Waals surface area (Å²) in [5.41, 5.74) is 2.75. The van der Waals surface area contributed by atoms with E-state index in [-0.39, 0.29) is 17.1 Å². The Kier molecular flexibility index (Phi) is 6.91. The van der Waals surface area contributed by atoms with Gasteiger partial charge in [-0.2, -0.15) is 0 Å². The first-order valence-electron chi connectivity index (χ1n) is 10.6. The molecule has 160 valence electrons. The number of amides is 1. The number of ketones is 1. The highest BCUT2D eigenvalue weighted by Crippen LogP contribution is 2.25. The lowest BCUT2D eigenvalue weighted by atomic mass is 9.87. The summed E-state index contributed by atoms with van der Waals surface area (Å²) in [6.07, 6.45) is -0.165. The minimum absolute atomic E-state index is 0.0507. The molecule has 4 nitrogen and oxygen atoms in total. The van der Waals surface area contributed by atoms with Gasteiger partial charge in [0, 0.05) is 11.1 Å². The number of carbonyl (C=O) groups excluding carboxylic acids is 2. The standard InChI is InChI=1S/C27H29NO3/c1-5-24(31-21-17-15-20(16-18-21)27(2,3)4)26(30)28-23-14-10-9-13-22(23)25(29)19-11-7-6-8-12-19/h6-18,24H,5H2,1-4H3,(H,28,30)/t24-/m0/s1. The molecule has 0 aliphatic heterocycles. The van der Waals surface area contributed by atoms with Crippen LogP contribution in [0.3, 0.4) is 0 Å². The molecule has 31 heavy (non-hydrogen) atoms. The van der Waals surface area contributed by atoms with Crippen LogP contribution in [0.25, 0.3) is 0 Å². The first kappa shape index (κ1) is 22.3. The number of para-hydroxylation sites is 1. The topological polar surface area (TPSA) is 55.4 Å². The highest BCUT2D eigenvalue weighted by molar-refractivity contribution is 6.14. The van der Waals surface area contributed by atoms with Crippen molar-refractivity contribution in [2.24, 2.45) is 0 Å². The number of ether oxygens (including phenoxy) is 1.